The van der Waals surface area contributed by atoms with Gasteiger partial charge in [0.15, 0.2) is 11.5 Å². The van der Waals surface area contributed by atoms with Gasteiger partial charge in [-0.2, -0.15) is 0 Å². The molecule has 2 aromatic carbocycles. The van der Waals surface area contributed by atoms with Crippen molar-refractivity contribution in [2.24, 2.45) is 5.11 Å². The molecule has 0 unspecified atom stereocenters. The van der Waals surface area contributed by atoms with E-state index in [1.165, 1.54) is 26.4 Å². The summed E-state index contributed by atoms with van der Waals surface area (Å²) < 4.78 is 20.0. The van der Waals surface area contributed by atoms with Gasteiger partial charge in [0, 0.05) is 22.5 Å². The van der Waals surface area contributed by atoms with Gasteiger partial charge in [-0.3, -0.25) is 4.79 Å². The third kappa shape index (κ3) is 6.74. The van der Waals surface area contributed by atoms with Crippen LogP contribution in [0.5, 0.6) is 23.0 Å². The molecule has 0 aliphatic heterocycles. The standard InChI is InChI=1S/C12H13N3O4.C8H7NO2/c1-3-19-11-7-8(12(17)14-15-13)6-10(18-2)9(11)4-5-16;1-10-7-4-2-3-5-8(7)11-6-9/h5-7H,3-4H2,1-2H3;2-5H,1H3. The van der Waals surface area contributed by atoms with E-state index in [0.29, 0.717) is 35.2 Å². The SMILES string of the molecule is CCOc1cc(C(=O)N=[N+]=[N-])cc(OC)c1CC=O.COc1ccccc1OC#N. The third-order valence-corrected chi connectivity index (χ3v) is 3.58. The predicted octanol–water partition coefficient (Wildman–Crippen LogP) is 3.84. The van der Waals surface area contributed by atoms with Gasteiger partial charge < -0.3 is 23.7 Å². The molecule has 30 heavy (non-hydrogen) atoms. The van der Waals surface area contributed by atoms with Crippen molar-refractivity contribution in [2.75, 3.05) is 20.8 Å². The first-order valence-corrected chi connectivity index (χ1v) is 8.61. The zero-order valence-electron chi connectivity index (χ0n) is 16.7. The van der Waals surface area contributed by atoms with Crippen molar-refractivity contribution in [3.63, 3.8) is 0 Å². The minimum Gasteiger partial charge on any atom is -0.496 e. The molecule has 0 aliphatic rings. The van der Waals surface area contributed by atoms with Gasteiger partial charge in [-0.25, -0.2) is 0 Å². The van der Waals surface area contributed by atoms with E-state index in [0.717, 1.165) is 6.29 Å². The molecule has 0 aromatic heterocycles. The second-order valence-corrected chi connectivity index (χ2v) is 5.30. The molecule has 2 rings (SSSR count). The zero-order chi connectivity index (χ0) is 22.4. The Morgan fingerprint density at radius 1 is 1.17 bits per heavy atom. The van der Waals surface area contributed by atoms with E-state index < -0.39 is 5.91 Å². The van der Waals surface area contributed by atoms with Gasteiger partial charge in [0.2, 0.25) is 5.91 Å². The molecule has 0 heterocycles. The van der Waals surface area contributed by atoms with Crippen LogP contribution in [0, 0.1) is 11.5 Å². The summed E-state index contributed by atoms with van der Waals surface area (Å²) in [5.74, 6) is 0.978. The van der Waals surface area contributed by atoms with Crippen LogP contribution in [0.1, 0.15) is 22.8 Å². The summed E-state index contributed by atoms with van der Waals surface area (Å²) in [7, 11) is 2.95. The maximum Gasteiger partial charge on any atom is 0.292 e. The van der Waals surface area contributed by atoms with Gasteiger partial charge in [0.1, 0.15) is 17.8 Å². The lowest BCUT2D eigenvalue weighted by Gasteiger charge is -2.14. The van der Waals surface area contributed by atoms with E-state index in [1.54, 1.807) is 31.4 Å². The zero-order valence-corrected chi connectivity index (χ0v) is 16.7. The number of nitrogens with zero attached hydrogens (tertiary/aromatic N) is 4. The molecule has 0 radical (unpaired) electrons. The number of rotatable bonds is 8. The molecule has 156 valence electrons. The fourth-order valence-electron chi connectivity index (χ4n) is 2.34. The molecule has 0 saturated carbocycles. The quantitative estimate of drug-likeness (QED) is 0.211. The monoisotopic (exact) mass is 412 g/mol. The van der Waals surface area contributed by atoms with Crippen molar-refractivity contribution in [2.45, 2.75) is 13.3 Å². The topological polar surface area (TPSA) is 144 Å². The molecule has 10 heteroatoms. The number of ether oxygens (including phenoxy) is 4. The minimum absolute atomic E-state index is 0.106. The number of hydrogen-bond donors (Lipinski definition) is 0. The van der Waals surface area contributed by atoms with E-state index in [1.807, 2.05) is 6.07 Å². The van der Waals surface area contributed by atoms with Crippen LogP contribution in [0.3, 0.4) is 0 Å². The molecule has 1 amide bonds. The summed E-state index contributed by atoms with van der Waals surface area (Å²) in [4.78, 5) is 24.7. The molecule has 0 N–H and O–H groups in total. The Balaban J connectivity index is 0.000000346. The summed E-state index contributed by atoms with van der Waals surface area (Å²) in [6.45, 7) is 2.15. The Labute approximate surface area is 173 Å². The first-order valence-electron chi connectivity index (χ1n) is 8.61. The Morgan fingerprint density at radius 2 is 1.80 bits per heavy atom. The van der Waals surface area contributed by atoms with Crippen molar-refractivity contribution >= 4 is 12.2 Å². The molecular weight excluding hydrogens is 392 g/mol. The molecule has 0 aliphatic carbocycles. The number of amides is 1. The van der Waals surface area contributed by atoms with E-state index in [2.05, 4.69) is 14.8 Å². The highest BCUT2D eigenvalue weighted by molar-refractivity contribution is 5.96. The normalized spacial score (nSPS) is 9.00. The Hall–Kier alpha value is -4.22. The Kier molecular flexibility index (Phi) is 10.4. The largest absolute Gasteiger partial charge is 0.496 e. The van der Waals surface area contributed by atoms with Gasteiger partial charge in [0.25, 0.3) is 6.26 Å². The van der Waals surface area contributed by atoms with Gasteiger partial charge in [0.05, 0.1) is 20.8 Å². The van der Waals surface area contributed by atoms with Crippen molar-refractivity contribution < 1.29 is 28.5 Å². The minimum atomic E-state index is -0.737. The molecule has 2 aromatic rings. The summed E-state index contributed by atoms with van der Waals surface area (Å²) >= 11 is 0. The number of methoxy groups -OCH3 is 2. The molecule has 0 atom stereocenters. The highest BCUT2D eigenvalue weighted by Gasteiger charge is 2.15. The van der Waals surface area contributed by atoms with Gasteiger partial charge in [-0.05, 0) is 41.8 Å². The van der Waals surface area contributed by atoms with E-state index >= 15 is 0 Å². The maximum absolute atomic E-state index is 11.5. The summed E-state index contributed by atoms with van der Waals surface area (Å²) in [6.07, 6.45) is 2.40. The summed E-state index contributed by atoms with van der Waals surface area (Å²) in [6, 6.07) is 9.83. The Bertz CT molecular complexity index is 964. The fraction of sp³-hybridized carbons (Fsp3) is 0.250. The first kappa shape index (κ1) is 23.8. The number of hydrogen-bond acceptors (Lipinski definition) is 7. The number of para-hydroxylation sites is 2. The van der Waals surface area contributed by atoms with Crippen LogP contribution >= 0.6 is 0 Å². The number of benzene rings is 2. The molecule has 0 saturated heterocycles. The second-order valence-electron chi connectivity index (χ2n) is 5.30. The lowest BCUT2D eigenvalue weighted by atomic mass is 10.1. The van der Waals surface area contributed by atoms with E-state index in [4.69, 9.17) is 25.0 Å². The number of nitriles is 1. The number of azide groups is 1. The molecule has 10 nitrogen and oxygen atoms in total. The molecule has 0 fully saturated rings. The summed E-state index contributed by atoms with van der Waals surface area (Å²) in [5.41, 5.74) is 8.96. The van der Waals surface area contributed by atoms with Gasteiger partial charge >= 0.3 is 0 Å². The van der Waals surface area contributed by atoms with Crippen molar-refractivity contribution in [1.29, 1.82) is 5.26 Å². The van der Waals surface area contributed by atoms with Crippen LogP contribution in [0.15, 0.2) is 41.5 Å². The maximum atomic E-state index is 11.5. The third-order valence-electron chi connectivity index (χ3n) is 3.58. The van der Waals surface area contributed by atoms with Crippen molar-refractivity contribution in [1.82, 2.24) is 0 Å². The van der Waals surface area contributed by atoms with Crippen LogP contribution in [0.4, 0.5) is 0 Å². The highest BCUT2D eigenvalue weighted by atomic mass is 16.5. The number of carbonyl (C=O) groups is 2. The van der Waals surface area contributed by atoms with Crippen LogP contribution in [0.25, 0.3) is 10.4 Å². The molecule has 0 bridgehead atoms. The van der Waals surface area contributed by atoms with Gasteiger partial charge in [-0.1, -0.05) is 12.1 Å². The molecular formula is C20H20N4O6. The van der Waals surface area contributed by atoms with Crippen molar-refractivity contribution in [3.8, 4) is 29.3 Å². The number of carbonyl (C=O) groups excluding carboxylic acids is 2. The predicted molar refractivity (Wildman–Crippen MR) is 107 cm³/mol. The van der Waals surface area contributed by atoms with Crippen LogP contribution in [-0.2, 0) is 11.2 Å². The van der Waals surface area contributed by atoms with E-state index in [9.17, 15) is 9.59 Å². The lowest BCUT2D eigenvalue weighted by molar-refractivity contribution is -0.107. The molecule has 0 spiro atoms. The fourth-order valence-corrected chi connectivity index (χ4v) is 2.34. The van der Waals surface area contributed by atoms with Crippen LogP contribution in [0.2, 0.25) is 0 Å². The van der Waals surface area contributed by atoms with Crippen molar-refractivity contribution in [3.05, 3.63) is 58.0 Å². The van der Waals surface area contributed by atoms with Crippen LogP contribution in [-0.4, -0.2) is 33.0 Å². The second kappa shape index (κ2) is 13.0. The Morgan fingerprint density at radius 3 is 2.33 bits per heavy atom. The average molecular weight is 412 g/mol. The average Bonchev–Trinajstić information content (AvgIpc) is 2.76. The smallest absolute Gasteiger partial charge is 0.292 e. The van der Waals surface area contributed by atoms with Gasteiger partial charge in [-0.15, -0.1) is 5.26 Å². The number of aldehydes is 1. The lowest BCUT2D eigenvalue weighted by Crippen LogP contribution is -2.04. The van der Waals surface area contributed by atoms with Crippen LogP contribution < -0.4 is 18.9 Å². The van der Waals surface area contributed by atoms with E-state index in [-0.39, 0.29) is 12.0 Å². The highest BCUT2D eigenvalue weighted by Crippen LogP contribution is 2.31. The summed E-state index contributed by atoms with van der Waals surface area (Å²) in [5, 5.41) is 11.2. The first-order chi connectivity index (χ1) is 14.6.